The number of hydrogen-bond acceptors (Lipinski definition) is 5. The summed E-state index contributed by atoms with van der Waals surface area (Å²) in [6, 6.07) is 9.24. The van der Waals surface area contributed by atoms with Gasteiger partial charge >= 0.3 is 0 Å². The van der Waals surface area contributed by atoms with Crippen LogP contribution < -0.4 is 10.6 Å². The van der Waals surface area contributed by atoms with Crippen molar-refractivity contribution in [2.75, 3.05) is 11.1 Å². The first-order chi connectivity index (χ1) is 14.3. The van der Waals surface area contributed by atoms with Gasteiger partial charge in [0, 0.05) is 58.4 Å². The molecule has 2 aromatic rings. The number of carbonyl (C=O) groups is 1. The standard InChI is InChI=1S/C23H31N3OS2/c27-23(7-2-1-5-20-13-15-28-29-20)26-19-10-8-18(9-11-19)25-22-6-3-4-17-16-24-14-12-21(17)22/h3-4,6,12,14,16,18-20,25H,1-2,5,7-11,13,15H2,(H,26,27). The summed E-state index contributed by atoms with van der Waals surface area (Å²) in [5, 5.41) is 10.2. The average Bonchev–Trinajstić information content (AvgIpc) is 3.27. The Kier molecular flexibility index (Phi) is 7.61. The van der Waals surface area contributed by atoms with Crippen LogP contribution in [0, 0.1) is 0 Å². The van der Waals surface area contributed by atoms with Crippen LogP contribution in [-0.4, -0.2) is 34.0 Å². The van der Waals surface area contributed by atoms with Gasteiger partial charge in [-0.1, -0.05) is 40.1 Å². The smallest absolute Gasteiger partial charge is 0.220 e. The third-order valence-electron chi connectivity index (χ3n) is 6.04. The van der Waals surface area contributed by atoms with E-state index in [9.17, 15) is 4.79 Å². The molecule has 1 aromatic carbocycles. The van der Waals surface area contributed by atoms with Gasteiger partial charge < -0.3 is 10.6 Å². The van der Waals surface area contributed by atoms with Gasteiger partial charge in [-0.25, -0.2) is 0 Å². The van der Waals surface area contributed by atoms with Gasteiger partial charge in [0.25, 0.3) is 0 Å². The zero-order valence-electron chi connectivity index (χ0n) is 16.9. The molecule has 1 aromatic heterocycles. The van der Waals surface area contributed by atoms with Crippen LogP contribution in [0.2, 0.25) is 0 Å². The number of carbonyl (C=O) groups excluding carboxylic acids is 1. The summed E-state index contributed by atoms with van der Waals surface area (Å²) in [7, 11) is 4.04. The number of aromatic nitrogens is 1. The fourth-order valence-electron chi connectivity index (χ4n) is 4.37. The Morgan fingerprint density at radius 1 is 1.07 bits per heavy atom. The van der Waals surface area contributed by atoms with Gasteiger partial charge in [0.05, 0.1) is 0 Å². The molecule has 1 aliphatic heterocycles. The quantitative estimate of drug-likeness (QED) is 0.411. The van der Waals surface area contributed by atoms with Crippen LogP contribution >= 0.6 is 21.6 Å². The first-order valence-electron chi connectivity index (χ1n) is 10.9. The minimum absolute atomic E-state index is 0.247. The highest BCUT2D eigenvalue weighted by atomic mass is 33.1. The molecule has 2 N–H and O–H groups in total. The Bertz CT molecular complexity index is 796. The molecule has 29 heavy (non-hydrogen) atoms. The van der Waals surface area contributed by atoms with Gasteiger partial charge in [-0.05, 0) is 57.1 Å². The summed E-state index contributed by atoms with van der Waals surface area (Å²) >= 11 is 0. The molecule has 0 radical (unpaired) electrons. The zero-order chi connectivity index (χ0) is 19.9. The molecule has 1 saturated carbocycles. The lowest BCUT2D eigenvalue weighted by molar-refractivity contribution is -0.122. The molecule has 2 fully saturated rings. The number of anilines is 1. The lowest BCUT2D eigenvalue weighted by Gasteiger charge is -2.30. The Balaban J connectivity index is 1.16. The van der Waals surface area contributed by atoms with Crippen LogP contribution in [0.4, 0.5) is 5.69 Å². The van der Waals surface area contributed by atoms with Crippen molar-refractivity contribution in [1.29, 1.82) is 0 Å². The second-order valence-corrected chi connectivity index (χ2v) is 11.0. The van der Waals surface area contributed by atoms with Gasteiger partial charge in [0.15, 0.2) is 0 Å². The van der Waals surface area contributed by atoms with Crippen LogP contribution in [0.3, 0.4) is 0 Å². The molecule has 4 rings (SSSR count). The summed E-state index contributed by atoms with van der Waals surface area (Å²) in [6.45, 7) is 0. The molecule has 2 aliphatic rings. The minimum Gasteiger partial charge on any atom is -0.382 e. The Labute approximate surface area is 181 Å². The second kappa shape index (κ2) is 10.6. The van der Waals surface area contributed by atoms with Crippen LogP contribution in [0.15, 0.2) is 36.7 Å². The van der Waals surface area contributed by atoms with Gasteiger partial charge in [0.2, 0.25) is 5.91 Å². The van der Waals surface area contributed by atoms with Gasteiger partial charge in [0.1, 0.15) is 0 Å². The third kappa shape index (κ3) is 6.05. The largest absolute Gasteiger partial charge is 0.382 e. The fraction of sp³-hybridized carbons (Fsp3) is 0.565. The zero-order valence-corrected chi connectivity index (χ0v) is 18.6. The lowest BCUT2D eigenvalue weighted by atomic mass is 9.90. The first kappa shape index (κ1) is 20.9. The molecule has 0 bridgehead atoms. The van der Waals surface area contributed by atoms with E-state index < -0.39 is 0 Å². The summed E-state index contributed by atoms with van der Waals surface area (Å²) < 4.78 is 0. The molecule has 1 atom stereocenters. The maximum absolute atomic E-state index is 12.3. The minimum atomic E-state index is 0.247. The van der Waals surface area contributed by atoms with Crippen molar-refractivity contribution < 1.29 is 4.79 Å². The monoisotopic (exact) mass is 429 g/mol. The van der Waals surface area contributed by atoms with Crippen LogP contribution in [0.25, 0.3) is 10.8 Å². The molecular weight excluding hydrogens is 398 g/mol. The number of benzene rings is 1. The highest BCUT2D eigenvalue weighted by Gasteiger charge is 2.23. The third-order valence-corrected chi connectivity index (χ3v) is 9.05. The number of fused-ring (bicyclic) bond motifs is 1. The second-order valence-electron chi connectivity index (χ2n) is 8.24. The number of amides is 1. The van der Waals surface area contributed by atoms with E-state index in [0.29, 0.717) is 18.5 Å². The van der Waals surface area contributed by atoms with Crippen LogP contribution in [0.1, 0.15) is 57.8 Å². The Morgan fingerprint density at radius 2 is 1.93 bits per heavy atom. The number of pyridine rings is 1. The molecular formula is C23H31N3OS2. The predicted molar refractivity (Wildman–Crippen MR) is 126 cm³/mol. The average molecular weight is 430 g/mol. The summed E-state index contributed by atoms with van der Waals surface area (Å²) in [5.74, 6) is 1.54. The van der Waals surface area contributed by atoms with Gasteiger partial charge in [-0.3, -0.25) is 9.78 Å². The molecule has 1 aliphatic carbocycles. The number of rotatable bonds is 8. The molecule has 1 unspecified atom stereocenters. The van der Waals surface area contributed by atoms with Crippen molar-refractivity contribution in [2.45, 2.75) is 75.1 Å². The van der Waals surface area contributed by atoms with Gasteiger partial charge in [-0.2, -0.15) is 0 Å². The topological polar surface area (TPSA) is 54.0 Å². The van der Waals surface area contributed by atoms with Crippen LogP contribution in [-0.2, 0) is 4.79 Å². The number of hydrogen-bond donors (Lipinski definition) is 2. The van der Waals surface area contributed by atoms with E-state index in [0.717, 1.165) is 37.4 Å². The molecule has 0 spiro atoms. The van der Waals surface area contributed by atoms with E-state index in [2.05, 4.69) is 39.9 Å². The predicted octanol–water partition coefficient (Wildman–Crippen LogP) is 5.79. The van der Waals surface area contributed by atoms with Crippen molar-refractivity contribution in [2.24, 2.45) is 0 Å². The summed E-state index contributed by atoms with van der Waals surface area (Å²) in [6.07, 6.45) is 13.6. The van der Waals surface area contributed by atoms with Crippen molar-refractivity contribution in [3.8, 4) is 0 Å². The van der Waals surface area contributed by atoms with Crippen molar-refractivity contribution >= 4 is 44.0 Å². The summed E-state index contributed by atoms with van der Waals surface area (Å²) in [5.41, 5.74) is 1.19. The number of nitrogens with one attached hydrogen (secondary N) is 2. The fourth-order valence-corrected chi connectivity index (χ4v) is 7.40. The van der Waals surface area contributed by atoms with E-state index in [-0.39, 0.29) is 5.91 Å². The lowest BCUT2D eigenvalue weighted by Crippen LogP contribution is -2.40. The molecule has 1 saturated heterocycles. The van der Waals surface area contributed by atoms with Crippen LogP contribution in [0.5, 0.6) is 0 Å². The summed E-state index contributed by atoms with van der Waals surface area (Å²) in [4.78, 5) is 16.5. The first-order valence-corrected chi connectivity index (χ1v) is 13.3. The molecule has 1 amide bonds. The van der Waals surface area contributed by atoms with E-state index in [1.54, 1.807) is 0 Å². The Hall–Kier alpha value is -1.40. The highest BCUT2D eigenvalue weighted by Crippen LogP contribution is 2.39. The van der Waals surface area contributed by atoms with E-state index in [4.69, 9.17) is 0 Å². The SMILES string of the molecule is O=C(CCCCC1CCSS1)NC1CCC(Nc2cccc3cnccc23)CC1. The maximum atomic E-state index is 12.3. The van der Waals surface area contributed by atoms with Gasteiger partial charge in [-0.15, -0.1) is 0 Å². The van der Waals surface area contributed by atoms with E-state index in [1.807, 2.05) is 34.0 Å². The normalized spacial score (nSPS) is 24.5. The van der Waals surface area contributed by atoms with Crippen molar-refractivity contribution in [3.05, 3.63) is 36.7 Å². The molecule has 6 heteroatoms. The number of unbranched alkanes of at least 4 members (excludes halogenated alkanes) is 1. The van der Waals surface area contributed by atoms with E-state index in [1.165, 1.54) is 41.5 Å². The molecule has 4 nitrogen and oxygen atoms in total. The highest BCUT2D eigenvalue weighted by molar-refractivity contribution is 8.77. The molecule has 2 heterocycles. The van der Waals surface area contributed by atoms with E-state index >= 15 is 0 Å². The van der Waals surface area contributed by atoms with Crippen molar-refractivity contribution in [1.82, 2.24) is 10.3 Å². The molecule has 156 valence electrons. The Morgan fingerprint density at radius 3 is 2.76 bits per heavy atom. The van der Waals surface area contributed by atoms with Crippen molar-refractivity contribution in [3.63, 3.8) is 0 Å². The number of nitrogens with zero attached hydrogens (tertiary/aromatic N) is 1. The maximum Gasteiger partial charge on any atom is 0.220 e.